The fraction of sp³-hybridized carbons (Fsp3) is 0.250. The van der Waals surface area contributed by atoms with Crippen LogP contribution in [0.25, 0.3) is 0 Å². The zero-order valence-corrected chi connectivity index (χ0v) is 15.5. The number of carbonyl (C=O) groups excluding carboxylic acids is 3. The number of ether oxygens (including phenoxy) is 1. The van der Waals surface area contributed by atoms with Crippen molar-refractivity contribution in [3.8, 4) is 0 Å². The number of amides is 3. The average molecular weight is 382 g/mol. The zero-order valence-electron chi connectivity index (χ0n) is 15.5. The number of para-hydroxylation sites is 1. The summed E-state index contributed by atoms with van der Waals surface area (Å²) in [4.78, 5) is 38.0. The number of nitrogen functional groups attached to an aromatic ring is 1. The molecule has 0 saturated carbocycles. The SMILES string of the molecule is CC1(C(=O)Nc2cccc(C(N)=O)c2N)CCN1C(=O)OCc1ccccc1. The zero-order chi connectivity index (χ0) is 20.3. The van der Waals surface area contributed by atoms with E-state index in [1.54, 1.807) is 19.1 Å². The minimum absolute atomic E-state index is 0.0875. The number of primary amides is 1. The Bertz CT molecular complexity index is 916. The number of hydrogen-bond acceptors (Lipinski definition) is 5. The van der Waals surface area contributed by atoms with Crippen LogP contribution in [-0.4, -0.2) is 34.9 Å². The standard InChI is InChI=1S/C20H22N4O4/c1-20(18(26)23-15-9-5-8-14(16(15)21)17(22)25)10-11-24(20)19(27)28-12-13-6-3-2-4-7-13/h2-9H,10-12,21H2,1H3,(H2,22,25)(H,23,26). The quantitative estimate of drug-likeness (QED) is 0.682. The fourth-order valence-corrected chi connectivity index (χ4v) is 3.03. The van der Waals surface area contributed by atoms with Gasteiger partial charge >= 0.3 is 6.09 Å². The van der Waals surface area contributed by atoms with Gasteiger partial charge in [-0.15, -0.1) is 0 Å². The van der Waals surface area contributed by atoms with Crippen LogP contribution >= 0.6 is 0 Å². The first-order chi connectivity index (χ1) is 13.3. The van der Waals surface area contributed by atoms with Crippen LogP contribution in [0.4, 0.5) is 16.2 Å². The largest absolute Gasteiger partial charge is 0.445 e. The van der Waals surface area contributed by atoms with E-state index in [4.69, 9.17) is 16.2 Å². The van der Waals surface area contributed by atoms with E-state index in [0.717, 1.165) is 5.56 Å². The van der Waals surface area contributed by atoms with Gasteiger partial charge in [0.15, 0.2) is 0 Å². The summed E-state index contributed by atoms with van der Waals surface area (Å²) in [5.41, 5.74) is 11.5. The van der Waals surface area contributed by atoms with Gasteiger partial charge in [-0.2, -0.15) is 0 Å². The maximum Gasteiger partial charge on any atom is 0.410 e. The maximum atomic E-state index is 12.8. The molecule has 0 aliphatic carbocycles. The number of hydrogen-bond donors (Lipinski definition) is 3. The van der Waals surface area contributed by atoms with Crippen LogP contribution in [-0.2, 0) is 16.1 Å². The van der Waals surface area contributed by atoms with E-state index >= 15 is 0 Å². The number of likely N-dealkylation sites (tertiary alicyclic amines) is 1. The summed E-state index contributed by atoms with van der Waals surface area (Å²) in [6.45, 7) is 2.19. The first-order valence-corrected chi connectivity index (χ1v) is 8.81. The van der Waals surface area contributed by atoms with Gasteiger partial charge in [-0.3, -0.25) is 14.5 Å². The van der Waals surface area contributed by atoms with Crippen LogP contribution in [0.3, 0.4) is 0 Å². The lowest BCUT2D eigenvalue weighted by molar-refractivity contribution is -0.133. The van der Waals surface area contributed by atoms with Gasteiger partial charge in [0, 0.05) is 6.54 Å². The minimum atomic E-state index is -1.07. The van der Waals surface area contributed by atoms with Crippen molar-refractivity contribution in [3.05, 3.63) is 59.7 Å². The van der Waals surface area contributed by atoms with Crippen LogP contribution in [0.15, 0.2) is 48.5 Å². The molecule has 0 spiro atoms. The van der Waals surface area contributed by atoms with Crippen molar-refractivity contribution in [2.24, 2.45) is 5.73 Å². The molecule has 1 heterocycles. The number of anilines is 2. The summed E-state index contributed by atoms with van der Waals surface area (Å²) in [5, 5.41) is 2.69. The Morgan fingerprint density at radius 3 is 2.46 bits per heavy atom. The summed E-state index contributed by atoms with van der Waals surface area (Å²) in [6.07, 6.45) is -0.0825. The van der Waals surface area contributed by atoms with Gasteiger partial charge in [-0.1, -0.05) is 36.4 Å². The lowest BCUT2D eigenvalue weighted by Gasteiger charge is -2.47. The first kappa shape index (κ1) is 19.2. The molecule has 1 aliphatic heterocycles. The third-order valence-corrected chi connectivity index (χ3v) is 4.95. The average Bonchev–Trinajstić information content (AvgIpc) is 2.67. The van der Waals surface area contributed by atoms with Gasteiger partial charge in [0.1, 0.15) is 12.1 Å². The molecule has 1 fully saturated rings. The molecule has 0 bridgehead atoms. The second-order valence-electron chi connectivity index (χ2n) is 6.80. The molecular formula is C20H22N4O4. The molecule has 3 rings (SSSR count). The smallest absolute Gasteiger partial charge is 0.410 e. The highest BCUT2D eigenvalue weighted by molar-refractivity contribution is 6.06. The van der Waals surface area contributed by atoms with Crippen LogP contribution in [0.1, 0.15) is 29.3 Å². The van der Waals surface area contributed by atoms with Crippen molar-refractivity contribution < 1.29 is 19.1 Å². The Kier molecular flexibility index (Phi) is 5.21. The molecule has 8 nitrogen and oxygen atoms in total. The Hall–Kier alpha value is -3.55. The molecule has 28 heavy (non-hydrogen) atoms. The van der Waals surface area contributed by atoms with Gasteiger partial charge < -0.3 is 21.5 Å². The molecule has 1 unspecified atom stereocenters. The van der Waals surface area contributed by atoms with Gasteiger partial charge in [-0.25, -0.2) is 4.79 Å². The highest BCUT2D eigenvalue weighted by Gasteiger charge is 2.50. The summed E-state index contributed by atoms with van der Waals surface area (Å²) >= 11 is 0. The molecule has 1 aliphatic rings. The molecule has 8 heteroatoms. The van der Waals surface area contributed by atoms with Crippen molar-refractivity contribution in [1.29, 1.82) is 0 Å². The van der Waals surface area contributed by atoms with E-state index in [1.165, 1.54) is 11.0 Å². The molecule has 1 saturated heterocycles. The molecule has 146 valence electrons. The summed E-state index contributed by atoms with van der Waals surface area (Å²) < 4.78 is 5.32. The monoisotopic (exact) mass is 382 g/mol. The third-order valence-electron chi connectivity index (χ3n) is 4.95. The van der Waals surface area contributed by atoms with E-state index < -0.39 is 23.4 Å². The van der Waals surface area contributed by atoms with E-state index in [1.807, 2.05) is 30.3 Å². The lowest BCUT2D eigenvalue weighted by Crippen LogP contribution is -2.66. The highest BCUT2D eigenvalue weighted by atomic mass is 16.6. The van der Waals surface area contributed by atoms with Gasteiger partial charge in [-0.05, 0) is 31.0 Å². The van der Waals surface area contributed by atoms with Gasteiger partial charge in [0.2, 0.25) is 5.91 Å². The molecule has 3 amide bonds. The van der Waals surface area contributed by atoms with Crippen LogP contribution in [0, 0.1) is 0 Å². The number of nitrogens with zero attached hydrogens (tertiary/aromatic N) is 1. The second-order valence-corrected chi connectivity index (χ2v) is 6.80. The highest BCUT2D eigenvalue weighted by Crippen LogP contribution is 2.33. The van der Waals surface area contributed by atoms with E-state index in [-0.39, 0.29) is 23.5 Å². The van der Waals surface area contributed by atoms with E-state index in [9.17, 15) is 14.4 Å². The molecule has 1 atom stereocenters. The first-order valence-electron chi connectivity index (χ1n) is 8.81. The van der Waals surface area contributed by atoms with E-state index in [2.05, 4.69) is 5.32 Å². The van der Waals surface area contributed by atoms with Crippen molar-refractivity contribution in [1.82, 2.24) is 4.90 Å². The molecule has 0 radical (unpaired) electrons. The molecule has 5 N–H and O–H groups in total. The number of nitrogens with two attached hydrogens (primary N) is 2. The van der Waals surface area contributed by atoms with Crippen molar-refractivity contribution >= 4 is 29.3 Å². The predicted octanol–water partition coefficient (Wildman–Crippen LogP) is 2.11. The van der Waals surface area contributed by atoms with Crippen LogP contribution in [0.5, 0.6) is 0 Å². The summed E-state index contributed by atoms with van der Waals surface area (Å²) in [6, 6.07) is 13.9. The number of nitrogens with one attached hydrogen (secondary N) is 1. The Labute approximate surface area is 162 Å². The maximum absolute atomic E-state index is 12.8. The van der Waals surface area contributed by atoms with Crippen molar-refractivity contribution in [3.63, 3.8) is 0 Å². The molecule has 0 aromatic heterocycles. The summed E-state index contributed by atoms with van der Waals surface area (Å²) in [5.74, 6) is -1.10. The summed E-state index contributed by atoms with van der Waals surface area (Å²) in [7, 11) is 0. The third kappa shape index (κ3) is 3.62. The Morgan fingerprint density at radius 1 is 1.14 bits per heavy atom. The van der Waals surface area contributed by atoms with Gasteiger partial charge in [0.25, 0.3) is 5.91 Å². The molecule has 2 aromatic rings. The normalized spacial score (nSPS) is 18.1. The topological polar surface area (TPSA) is 128 Å². The predicted molar refractivity (Wildman–Crippen MR) is 104 cm³/mol. The molecule has 2 aromatic carbocycles. The number of rotatable bonds is 5. The Morgan fingerprint density at radius 2 is 1.86 bits per heavy atom. The number of benzene rings is 2. The fourth-order valence-electron chi connectivity index (χ4n) is 3.03. The second kappa shape index (κ2) is 7.59. The Balaban J connectivity index is 1.67. The lowest BCUT2D eigenvalue weighted by atomic mass is 9.86. The van der Waals surface area contributed by atoms with Gasteiger partial charge in [0.05, 0.1) is 16.9 Å². The van der Waals surface area contributed by atoms with E-state index in [0.29, 0.717) is 13.0 Å². The van der Waals surface area contributed by atoms with Crippen molar-refractivity contribution in [2.45, 2.75) is 25.5 Å². The van der Waals surface area contributed by atoms with Crippen LogP contribution in [0.2, 0.25) is 0 Å². The molecular weight excluding hydrogens is 360 g/mol. The minimum Gasteiger partial charge on any atom is -0.445 e. The van der Waals surface area contributed by atoms with Crippen LogP contribution < -0.4 is 16.8 Å². The van der Waals surface area contributed by atoms with Crippen molar-refractivity contribution in [2.75, 3.05) is 17.6 Å². The number of carbonyl (C=O) groups is 3.